The number of amidine groups is 1. The van der Waals surface area contributed by atoms with Crippen molar-refractivity contribution in [3.8, 4) is 0 Å². The van der Waals surface area contributed by atoms with E-state index in [1.54, 1.807) is 32.0 Å². The fourth-order valence-electron chi connectivity index (χ4n) is 1.10. The minimum atomic E-state index is -0.205. The van der Waals surface area contributed by atoms with Crippen LogP contribution in [0.2, 0.25) is 5.02 Å². The van der Waals surface area contributed by atoms with Crippen molar-refractivity contribution >= 4 is 29.0 Å². The van der Waals surface area contributed by atoms with Crippen LogP contribution in [0.25, 0.3) is 0 Å². The van der Waals surface area contributed by atoms with Crippen LogP contribution in [0.4, 0.5) is 5.69 Å². The topological polar surface area (TPSA) is 79.0 Å². The monoisotopic (exact) mass is 239 g/mol. The molecule has 0 saturated heterocycles. The Kier molecular flexibility index (Phi) is 3.90. The summed E-state index contributed by atoms with van der Waals surface area (Å²) in [4.78, 5) is 11.4. The number of rotatable bonds is 2. The molecule has 4 nitrogen and oxygen atoms in total. The van der Waals surface area contributed by atoms with Crippen LogP contribution in [0.1, 0.15) is 19.4 Å². The molecule has 0 aliphatic carbocycles. The zero-order valence-corrected chi connectivity index (χ0v) is 9.93. The molecule has 1 rings (SSSR count). The molecule has 4 N–H and O–H groups in total. The highest BCUT2D eigenvalue weighted by molar-refractivity contribution is 6.31. The zero-order valence-electron chi connectivity index (χ0n) is 9.17. The van der Waals surface area contributed by atoms with Crippen LogP contribution < -0.4 is 11.1 Å². The van der Waals surface area contributed by atoms with Crippen LogP contribution in [0.15, 0.2) is 18.2 Å². The summed E-state index contributed by atoms with van der Waals surface area (Å²) < 4.78 is 0. The van der Waals surface area contributed by atoms with Gasteiger partial charge < -0.3 is 11.1 Å². The van der Waals surface area contributed by atoms with Gasteiger partial charge in [0, 0.05) is 22.2 Å². The molecule has 0 atom stereocenters. The molecule has 0 fully saturated rings. The summed E-state index contributed by atoms with van der Waals surface area (Å²) in [6, 6.07) is 4.76. The second kappa shape index (κ2) is 4.99. The first-order chi connectivity index (χ1) is 7.40. The van der Waals surface area contributed by atoms with Gasteiger partial charge in [-0.1, -0.05) is 25.4 Å². The minimum Gasteiger partial charge on any atom is -0.399 e. The van der Waals surface area contributed by atoms with Gasteiger partial charge in [0.25, 0.3) is 0 Å². The van der Waals surface area contributed by atoms with Crippen molar-refractivity contribution < 1.29 is 4.79 Å². The van der Waals surface area contributed by atoms with Crippen molar-refractivity contribution in [3.63, 3.8) is 0 Å². The lowest BCUT2D eigenvalue weighted by molar-refractivity contribution is -0.122. The van der Waals surface area contributed by atoms with Crippen LogP contribution in [-0.2, 0) is 4.79 Å². The van der Waals surface area contributed by atoms with Gasteiger partial charge in [0.05, 0.1) is 0 Å². The SMILES string of the molecule is CC(C)C(=O)NC(=N)c1cc(N)cc(Cl)c1. The summed E-state index contributed by atoms with van der Waals surface area (Å²) in [6.45, 7) is 3.52. The van der Waals surface area contributed by atoms with Crippen LogP contribution in [0.5, 0.6) is 0 Å². The maximum atomic E-state index is 11.4. The molecule has 1 aromatic rings. The van der Waals surface area contributed by atoms with Crippen LogP contribution in [0, 0.1) is 11.3 Å². The van der Waals surface area contributed by atoms with Crippen LogP contribution >= 0.6 is 11.6 Å². The van der Waals surface area contributed by atoms with Gasteiger partial charge in [0.15, 0.2) is 0 Å². The van der Waals surface area contributed by atoms with Crippen LogP contribution in [-0.4, -0.2) is 11.7 Å². The number of carbonyl (C=O) groups is 1. The van der Waals surface area contributed by atoms with E-state index in [2.05, 4.69) is 5.32 Å². The number of benzene rings is 1. The number of amides is 1. The molecule has 5 heteroatoms. The molecule has 0 aliphatic rings. The summed E-state index contributed by atoms with van der Waals surface area (Å²) in [5.41, 5.74) is 6.56. The fourth-order valence-corrected chi connectivity index (χ4v) is 1.34. The standard InChI is InChI=1S/C11H14ClN3O/c1-6(2)11(16)15-10(14)7-3-8(12)5-9(13)4-7/h3-6H,13H2,1-2H3,(H2,14,15,16). The Morgan fingerprint density at radius 1 is 1.44 bits per heavy atom. The predicted molar refractivity (Wildman–Crippen MR) is 65.7 cm³/mol. The van der Waals surface area contributed by atoms with Gasteiger partial charge in [-0.05, 0) is 18.2 Å². The average Bonchev–Trinajstić information content (AvgIpc) is 2.15. The van der Waals surface area contributed by atoms with Crippen LogP contribution in [0.3, 0.4) is 0 Å². The highest BCUT2D eigenvalue weighted by Crippen LogP contribution is 2.16. The first-order valence-corrected chi connectivity index (χ1v) is 5.24. The number of nitrogens with two attached hydrogens (primary N) is 1. The van der Waals surface area contributed by atoms with Gasteiger partial charge in [0.2, 0.25) is 5.91 Å². The second-order valence-corrected chi connectivity index (χ2v) is 4.23. The second-order valence-electron chi connectivity index (χ2n) is 3.79. The van der Waals surface area contributed by atoms with E-state index in [0.29, 0.717) is 16.3 Å². The van der Waals surface area contributed by atoms with Crippen molar-refractivity contribution in [1.29, 1.82) is 5.41 Å². The van der Waals surface area contributed by atoms with Gasteiger partial charge in [-0.15, -0.1) is 0 Å². The van der Waals surface area contributed by atoms with Crippen molar-refractivity contribution in [3.05, 3.63) is 28.8 Å². The highest BCUT2D eigenvalue weighted by Gasteiger charge is 2.11. The van der Waals surface area contributed by atoms with E-state index in [1.165, 1.54) is 0 Å². The van der Waals surface area contributed by atoms with Crippen molar-refractivity contribution in [2.24, 2.45) is 5.92 Å². The number of nitrogens with one attached hydrogen (secondary N) is 2. The molecular weight excluding hydrogens is 226 g/mol. The molecule has 0 aromatic heterocycles. The summed E-state index contributed by atoms with van der Waals surface area (Å²) >= 11 is 5.80. The number of hydrogen-bond donors (Lipinski definition) is 3. The molecule has 0 spiro atoms. The lowest BCUT2D eigenvalue weighted by Gasteiger charge is -2.09. The molecule has 16 heavy (non-hydrogen) atoms. The number of hydrogen-bond acceptors (Lipinski definition) is 3. The minimum absolute atomic E-state index is 0.00731. The Balaban J connectivity index is 2.85. The third-order valence-electron chi connectivity index (χ3n) is 1.98. The molecule has 0 bridgehead atoms. The Morgan fingerprint density at radius 3 is 2.56 bits per heavy atom. The Bertz CT molecular complexity index is 409. The van der Waals surface area contributed by atoms with Crippen molar-refractivity contribution in [1.82, 2.24) is 5.32 Å². The molecule has 1 aromatic carbocycles. The summed E-state index contributed by atoms with van der Waals surface area (Å²) in [7, 11) is 0. The number of halogens is 1. The maximum absolute atomic E-state index is 11.4. The Hall–Kier alpha value is -1.55. The van der Waals surface area contributed by atoms with E-state index < -0.39 is 0 Å². The fraction of sp³-hybridized carbons (Fsp3) is 0.273. The van der Waals surface area contributed by atoms with Gasteiger partial charge in [0.1, 0.15) is 5.84 Å². The van der Waals surface area contributed by atoms with E-state index in [9.17, 15) is 4.79 Å². The zero-order chi connectivity index (χ0) is 12.3. The Labute approximate surface area is 99.3 Å². The third-order valence-corrected chi connectivity index (χ3v) is 2.20. The van der Waals surface area contributed by atoms with Crippen molar-refractivity contribution in [2.45, 2.75) is 13.8 Å². The molecule has 0 heterocycles. The molecular formula is C11H14ClN3O. The molecule has 1 amide bonds. The Morgan fingerprint density at radius 2 is 2.06 bits per heavy atom. The summed E-state index contributed by atoms with van der Waals surface area (Å²) in [5, 5.41) is 10.6. The van der Waals surface area contributed by atoms with Gasteiger partial charge in [-0.2, -0.15) is 0 Å². The van der Waals surface area contributed by atoms with Gasteiger partial charge >= 0.3 is 0 Å². The number of anilines is 1. The lowest BCUT2D eigenvalue weighted by atomic mass is 10.1. The largest absolute Gasteiger partial charge is 0.399 e. The number of nitrogen functional groups attached to an aromatic ring is 1. The molecule has 0 aliphatic heterocycles. The first kappa shape index (κ1) is 12.5. The molecule has 86 valence electrons. The van der Waals surface area contributed by atoms with E-state index in [-0.39, 0.29) is 17.7 Å². The third kappa shape index (κ3) is 3.24. The van der Waals surface area contributed by atoms with E-state index in [4.69, 9.17) is 22.7 Å². The van der Waals surface area contributed by atoms with Gasteiger partial charge in [-0.3, -0.25) is 10.2 Å². The smallest absolute Gasteiger partial charge is 0.228 e. The quantitative estimate of drug-likeness (QED) is 0.419. The summed E-state index contributed by atoms with van der Waals surface area (Å²) in [6.07, 6.45) is 0. The summed E-state index contributed by atoms with van der Waals surface area (Å²) in [5.74, 6) is -0.367. The average molecular weight is 240 g/mol. The van der Waals surface area contributed by atoms with Gasteiger partial charge in [-0.25, -0.2) is 0 Å². The molecule has 0 saturated carbocycles. The predicted octanol–water partition coefficient (Wildman–Crippen LogP) is 2.02. The molecule has 0 unspecified atom stereocenters. The lowest BCUT2D eigenvalue weighted by Crippen LogP contribution is -2.33. The highest BCUT2D eigenvalue weighted by atomic mass is 35.5. The van der Waals surface area contributed by atoms with E-state index in [0.717, 1.165) is 0 Å². The first-order valence-electron chi connectivity index (χ1n) is 4.86. The normalized spacial score (nSPS) is 10.2. The van der Waals surface area contributed by atoms with Crippen molar-refractivity contribution in [2.75, 3.05) is 5.73 Å². The van der Waals surface area contributed by atoms with E-state index in [1.807, 2.05) is 0 Å². The number of carbonyl (C=O) groups excluding carboxylic acids is 1. The van der Waals surface area contributed by atoms with E-state index >= 15 is 0 Å². The molecule has 0 radical (unpaired) electrons. The maximum Gasteiger partial charge on any atom is 0.228 e.